The van der Waals surface area contributed by atoms with Crippen LogP contribution in [-0.2, 0) is 6.54 Å². The zero-order valence-electron chi connectivity index (χ0n) is 11.9. The number of rotatable bonds is 2. The van der Waals surface area contributed by atoms with Crippen molar-refractivity contribution in [1.82, 2.24) is 9.80 Å². The minimum absolute atomic E-state index is 0.603. The molecule has 1 unspecified atom stereocenters. The summed E-state index contributed by atoms with van der Waals surface area (Å²) in [5.74, 6) is 1.26. The topological polar surface area (TPSA) is 44.9 Å². The maximum atomic E-state index is 5.93. The van der Waals surface area contributed by atoms with E-state index in [1.807, 2.05) is 0 Å². The minimum atomic E-state index is 0.603. The fourth-order valence-electron chi connectivity index (χ4n) is 2.65. The molecule has 0 saturated carbocycles. The molecule has 4 nitrogen and oxygen atoms in total. The van der Waals surface area contributed by atoms with Crippen LogP contribution in [0.4, 0.5) is 0 Å². The highest BCUT2D eigenvalue weighted by Crippen LogP contribution is 2.12. The molecule has 4 heteroatoms. The van der Waals surface area contributed by atoms with Gasteiger partial charge in [-0.1, -0.05) is 37.3 Å². The third-order valence-electron chi connectivity index (χ3n) is 3.59. The molecule has 0 bridgehead atoms. The van der Waals surface area contributed by atoms with Crippen molar-refractivity contribution in [2.45, 2.75) is 13.5 Å². The Morgan fingerprint density at radius 2 is 2.00 bits per heavy atom. The van der Waals surface area contributed by atoms with E-state index in [1.54, 1.807) is 7.05 Å². The molecule has 2 N–H and O–H groups in total. The van der Waals surface area contributed by atoms with E-state index < -0.39 is 0 Å². The Morgan fingerprint density at radius 1 is 1.26 bits per heavy atom. The Labute approximate surface area is 115 Å². The van der Waals surface area contributed by atoms with E-state index in [9.17, 15) is 0 Å². The first-order valence-corrected chi connectivity index (χ1v) is 6.92. The van der Waals surface area contributed by atoms with E-state index in [0.717, 1.165) is 32.7 Å². The van der Waals surface area contributed by atoms with E-state index in [2.05, 4.69) is 52.0 Å². The van der Waals surface area contributed by atoms with Gasteiger partial charge in [-0.2, -0.15) is 0 Å². The van der Waals surface area contributed by atoms with Crippen molar-refractivity contribution >= 4 is 5.96 Å². The average molecular weight is 260 g/mol. The van der Waals surface area contributed by atoms with Crippen molar-refractivity contribution in [3.05, 3.63) is 35.9 Å². The number of benzene rings is 1. The van der Waals surface area contributed by atoms with Crippen LogP contribution in [0.2, 0.25) is 0 Å². The molecule has 1 heterocycles. The molecule has 1 aliphatic rings. The van der Waals surface area contributed by atoms with Gasteiger partial charge in [-0.3, -0.25) is 9.89 Å². The summed E-state index contributed by atoms with van der Waals surface area (Å²) in [6.07, 6.45) is 0. The van der Waals surface area contributed by atoms with Crippen LogP contribution in [0.5, 0.6) is 0 Å². The van der Waals surface area contributed by atoms with Crippen molar-refractivity contribution < 1.29 is 0 Å². The summed E-state index contributed by atoms with van der Waals surface area (Å²) in [5, 5.41) is 0. The van der Waals surface area contributed by atoms with Gasteiger partial charge in [-0.15, -0.1) is 0 Å². The summed E-state index contributed by atoms with van der Waals surface area (Å²) in [5.41, 5.74) is 7.31. The molecule has 0 aromatic heterocycles. The second kappa shape index (κ2) is 6.57. The van der Waals surface area contributed by atoms with Crippen molar-refractivity contribution in [1.29, 1.82) is 0 Å². The number of nitrogens with two attached hydrogens (primary N) is 1. The van der Waals surface area contributed by atoms with E-state index in [1.165, 1.54) is 5.56 Å². The summed E-state index contributed by atoms with van der Waals surface area (Å²) in [6, 6.07) is 10.6. The van der Waals surface area contributed by atoms with Crippen LogP contribution in [0.3, 0.4) is 0 Å². The van der Waals surface area contributed by atoms with Gasteiger partial charge in [-0.25, -0.2) is 0 Å². The molecule has 1 atom stereocenters. The van der Waals surface area contributed by atoms with Gasteiger partial charge >= 0.3 is 0 Å². The molecule has 19 heavy (non-hydrogen) atoms. The highest BCUT2D eigenvalue weighted by molar-refractivity contribution is 5.77. The fourth-order valence-corrected chi connectivity index (χ4v) is 2.65. The molecule has 1 fully saturated rings. The molecular formula is C15H24N4. The van der Waals surface area contributed by atoms with Gasteiger partial charge in [0, 0.05) is 39.8 Å². The zero-order valence-corrected chi connectivity index (χ0v) is 11.9. The monoisotopic (exact) mass is 260 g/mol. The normalized spacial score (nSPS) is 22.3. The second-order valence-corrected chi connectivity index (χ2v) is 5.35. The quantitative estimate of drug-likeness (QED) is 0.645. The van der Waals surface area contributed by atoms with Crippen LogP contribution < -0.4 is 5.73 Å². The highest BCUT2D eigenvalue weighted by atomic mass is 15.3. The Kier molecular flexibility index (Phi) is 4.80. The lowest BCUT2D eigenvalue weighted by Crippen LogP contribution is -2.40. The van der Waals surface area contributed by atoms with Gasteiger partial charge in [0.25, 0.3) is 0 Å². The van der Waals surface area contributed by atoms with Gasteiger partial charge in [0.15, 0.2) is 5.96 Å². The van der Waals surface area contributed by atoms with Crippen LogP contribution in [0.25, 0.3) is 0 Å². The lowest BCUT2D eigenvalue weighted by Gasteiger charge is -2.22. The van der Waals surface area contributed by atoms with E-state index >= 15 is 0 Å². The summed E-state index contributed by atoms with van der Waals surface area (Å²) in [4.78, 5) is 8.79. The predicted molar refractivity (Wildman–Crippen MR) is 80.0 cm³/mol. The molecule has 0 spiro atoms. The van der Waals surface area contributed by atoms with Crippen molar-refractivity contribution in [2.24, 2.45) is 16.6 Å². The standard InChI is InChI=1S/C15H24N4/c1-13-10-18(12-14-6-4-3-5-7-14)8-9-19(11-13)15(16)17-2/h3-7,13H,8-12H2,1-2H3,(H2,16,17). The first kappa shape index (κ1) is 13.9. The fraction of sp³-hybridized carbons (Fsp3) is 0.533. The molecular weight excluding hydrogens is 236 g/mol. The van der Waals surface area contributed by atoms with Crippen molar-refractivity contribution in [3.63, 3.8) is 0 Å². The molecule has 1 aliphatic heterocycles. The summed E-state index contributed by atoms with van der Waals surface area (Å²) >= 11 is 0. The van der Waals surface area contributed by atoms with Crippen molar-refractivity contribution in [3.8, 4) is 0 Å². The second-order valence-electron chi connectivity index (χ2n) is 5.35. The Bertz CT molecular complexity index is 415. The summed E-state index contributed by atoms with van der Waals surface area (Å²) in [7, 11) is 1.76. The molecule has 104 valence electrons. The Hall–Kier alpha value is -1.55. The van der Waals surface area contributed by atoms with Gasteiger partial charge in [0.05, 0.1) is 0 Å². The Balaban J connectivity index is 1.97. The van der Waals surface area contributed by atoms with Crippen molar-refractivity contribution in [2.75, 3.05) is 33.2 Å². The molecule has 0 radical (unpaired) electrons. The molecule has 1 saturated heterocycles. The first-order chi connectivity index (χ1) is 9.19. The first-order valence-electron chi connectivity index (χ1n) is 6.92. The molecule has 1 aromatic carbocycles. The van der Waals surface area contributed by atoms with E-state index in [-0.39, 0.29) is 0 Å². The van der Waals surface area contributed by atoms with Gasteiger partial charge in [-0.05, 0) is 11.5 Å². The Morgan fingerprint density at radius 3 is 2.68 bits per heavy atom. The molecule has 1 aromatic rings. The smallest absolute Gasteiger partial charge is 0.191 e. The molecule has 0 aliphatic carbocycles. The third-order valence-corrected chi connectivity index (χ3v) is 3.59. The molecule has 0 amide bonds. The summed E-state index contributed by atoms with van der Waals surface area (Å²) in [6.45, 7) is 7.40. The van der Waals surface area contributed by atoms with Gasteiger partial charge in [0.2, 0.25) is 0 Å². The van der Waals surface area contributed by atoms with E-state index in [0.29, 0.717) is 11.9 Å². The number of guanidine groups is 1. The lowest BCUT2D eigenvalue weighted by molar-refractivity contribution is 0.256. The average Bonchev–Trinajstić information content (AvgIpc) is 2.60. The predicted octanol–water partition coefficient (Wildman–Crippen LogP) is 1.38. The number of hydrogen-bond acceptors (Lipinski definition) is 2. The molecule has 2 rings (SSSR count). The van der Waals surface area contributed by atoms with Crippen LogP contribution in [0.15, 0.2) is 35.3 Å². The summed E-state index contributed by atoms with van der Waals surface area (Å²) < 4.78 is 0. The lowest BCUT2D eigenvalue weighted by atomic mass is 10.1. The number of hydrogen-bond donors (Lipinski definition) is 1. The maximum Gasteiger partial charge on any atom is 0.191 e. The number of nitrogens with zero attached hydrogens (tertiary/aromatic N) is 3. The number of aliphatic imine (C=N–C) groups is 1. The zero-order chi connectivity index (χ0) is 13.7. The van der Waals surface area contributed by atoms with Crippen LogP contribution in [0.1, 0.15) is 12.5 Å². The van der Waals surface area contributed by atoms with Gasteiger partial charge < -0.3 is 10.6 Å². The minimum Gasteiger partial charge on any atom is -0.370 e. The maximum absolute atomic E-state index is 5.93. The van der Waals surface area contributed by atoms with Crippen LogP contribution in [-0.4, -0.2) is 49.0 Å². The SMILES string of the molecule is CN=C(N)N1CCN(Cc2ccccc2)CC(C)C1. The van der Waals surface area contributed by atoms with Crippen LogP contribution in [0, 0.1) is 5.92 Å². The third kappa shape index (κ3) is 3.96. The van der Waals surface area contributed by atoms with E-state index in [4.69, 9.17) is 5.73 Å². The highest BCUT2D eigenvalue weighted by Gasteiger charge is 2.20. The largest absolute Gasteiger partial charge is 0.370 e. The van der Waals surface area contributed by atoms with Gasteiger partial charge in [0.1, 0.15) is 0 Å². The van der Waals surface area contributed by atoms with Crippen LogP contribution >= 0.6 is 0 Å².